The number of carboxylic acids is 1. The van der Waals surface area contributed by atoms with Gasteiger partial charge in [-0.3, -0.25) is 9.69 Å². The fourth-order valence-electron chi connectivity index (χ4n) is 1.51. The molecule has 0 radical (unpaired) electrons. The number of hydrogen-bond acceptors (Lipinski definition) is 3. The van der Waals surface area contributed by atoms with Crippen molar-refractivity contribution in [2.45, 2.75) is 6.04 Å². The summed E-state index contributed by atoms with van der Waals surface area (Å²) in [5.74, 6) is -1.48. The second-order valence-electron chi connectivity index (χ2n) is 3.60. The first-order valence-corrected chi connectivity index (χ1v) is 4.70. The smallest absolute Gasteiger partial charge is 0.325 e. The molecule has 1 aromatic rings. The molecule has 5 heteroatoms. The minimum absolute atomic E-state index is 0.103. The largest absolute Gasteiger partial charge is 0.494 e. The number of likely N-dealkylation sites (N-methyl/N-ethyl adjacent to an activating group) is 1. The number of methoxy groups -OCH3 is 1. The summed E-state index contributed by atoms with van der Waals surface area (Å²) in [6, 6.07) is 3.28. The summed E-state index contributed by atoms with van der Waals surface area (Å²) in [5.41, 5.74) is 0.385. The van der Waals surface area contributed by atoms with Crippen molar-refractivity contribution in [3.05, 3.63) is 29.6 Å². The Bertz CT molecular complexity index is 393. The van der Waals surface area contributed by atoms with Crippen LogP contribution in [0.15, 0.2) is 18.2 Å². The lowest BCUT2D eigenvalue weighted by molar-refractivity contribution is -0.142. The van der Waals surface area contributed by atoms with E-state index in [2.05, 4.69) is 0 Å². The summed E-state index contributed by atoms with van der Waals surface area (Å²) < 4.78 is 18.2. The number of hydrogen-bond donors (Lipinski definition) is 1. The van der Waals surface area contributed by atoms with Crippen LogP contribution in [0, 0.1) is 5.82 Å². The highest BCUT2D eigenvalue weighted by Gasteiger charge is 2.23. The molecule has 0 saturated heterocycles. The van der Waals surface area contributed by atoms with Gasteiger partial charge in [0.15, 0.2) is 11.6 Å². The summed E-state index contributed by atoms with van der Waals surface area (Å²) in [4.78, 5) is 12.5. The normalized spacial score (nSPS) is 12.6. The molecule has 1 N–H and O–H groups in total. The van der Waals surface area contributed by atoms with Crippen molar-refractivity contribution in [2.75, 3.05) is 21.2 Å². The molecule has 16 heavy (non-hydrogen) atoms. The molecule has 0 aromatic heterocycles. The van der Waals surface area contributed by atoms with E-state index >= 15 is 0 Å². The molecule has 0 spiro atoms. The van der Waals surface area contributed by atoms with Gasteiger partial charge in [0.1, 0.15) is 6.04 Å². The second-order valence-corrected chi connectivity index (χ2v) is 3.60. The maximum absolute atomic E-state index is 13.4. The van der Waals surface area contributed by atoms with Crippen molar-refractivity contribution in [3.63, 3.8) is 0 Å². The molecule has 0 aliphatic rings. The van der Waals surface area contributed by atoms with Crippen LogP contribution in [0.4, 0.5) is 4.39 Å². The number of halogens is 1. The Morgan fingerprint density at radius 2 is 2.12 bits per heavy atom. The molecule has 0 heterocycles. The average Bonchev–Trinajstić information content (AvgIpc) is 2.16. The van der Waals surface area contributed by atoms with Gasteiger partial charge in [0.2, 0.25) is 0 Å². The van der Waals surface area contributed by atoms with E-state index in [4.69, 9.17) is 9.84 Å². The van der Waals surface area contributed by atoms with Crippen LogP contribution in [0.5, 0.6) is 5.75 Å². The Hall–Kier alpha value is -1.62. The molecule has 0 aliphatic carbocycles. The molecular weight excluding hydrogens is 213 g/mol. The van der Waals surface area contributed by atoms with Gasteiger partial charge in [0.05, 0.1) is 7.11 Å². The number of nitrogens with zero attached hydrogens (tertiary/aromatic N) is 1. The Morgan fingerprint density at radius 3 is 2.50 bits per heavy atom. The monoisotopic (exact) mass is 227 g/mol. The summed E-state index contributed by atoms with van der Waals surface area (Å²) in [5, 5.41) is 9.02. The zero-order chi connectivity index (χ0) is 12.3. The third-order valence-electron chi connectivity index (χ3n) is 2.24. The van der Waals surface area contributed by atoms with E-state index in [0.717, 1.165) is 0 Å². The number of ether oxygens (including phenoxy) is 1. The SMILES string of the molecule is COc1ccc(C(C(=O)O)N(C)C)cc1F. The third kappa shape index (κ3) is 2.49. The number of carbonyl (C=O) groups is 1. The van der Waals surface area contributed by atoms with Gasteiger partial charge in [0, 0.05) is 0 Å². The van der Waals surface area contributed by atoms with Gasteiger partial charge in [-0.25, -0.2) is 4.39 Å². The van der Waals surface area contributed by atoms with E-state index in [1.54, 1.807) is 20.2 Å². The zero-order valence-corrected chi connectivity index (χ0v) is 9.40. The number of rotatable bonds is 4. The van der Waals surface area contributed by atoms with Gasteiger partial charge in [-0.15, -0.1) is 0 Å². The minimum atomic E-state index is -1.02. The van der Waals surface area contributed by atoms with Crippen LogP contribution in [0.3, 0.4) is 0 Å². The van der Waals surface area contributed by atoms with Gasteiger partial charge in [-0.1, -0.05) is 6.07 Å². The van der Waals surface area contributed by atoms with Crippen LogP contribution in [-0.4, -0.2) is 37.2 Å². The number of benzene rings is 1. The van der Waals surface area contributed by atoms with Crippen molar-refractivity contribution in [2.24, 2.45) is 0 Å². The maximum Gasteiger partial charge on any atom is 0.325 e. The first-order valence-electron chi connectivity index (χ1n) is 4.70. The molecule has 0 saturated carbocycles. The Morgan fingerprint density at radius 1 is 1.50 bits per heavy atom. The van der Waals surface area contributed by atoms with Crippen LogP contribution < -0.4 is 4.74 Å². The van der Waals surface area contributed by atoms with E-state index in [-0.39, 0.29) is 5.75 Å². The first kappa shape index (κ1) is 12.4. The van der Waals surface area contributed by atoms with Crippen LogP contribution in [0.1, 0.15) is 11.6 Å². The number of aliphatic carboxylic acids is 1. The quantitative estimate of drug-likeness (QED) is 0.847. The fraction of sp³-hybridized carbons (Fsp3) is 0.364. The van der Waals surface area contributed by atoms with E-state index in [1.165, 1.54) is 24.1 Å². The van der Waals surface area contributed by atoms with Crippen molar-refractivity contribution < 1.29 is 19.0 Å². The summed E-state index contributed by atoms with van der Waals surface area (Å²) in [7, 11) is 4.61. The van der Waals surface area contributed by atoms with Gasteiger partial charge >= 0.3 is 5.97 Å². The van der Waals surface area contributed by atoms with E-state index in [9.17, 15) is 9.18 Å². The molecule has 4 nitrogen and oxygen atoms in total. The van der Waals surface area contributed by atoms with Gasteiger partial charge in [-0.2, -0.15) is 0 Å². The lowest BCUT2D eigenvalue weighted by atomic mass is 10.1. The van der Waals surface area contributed by atoms with Crippen molar-refractivity contribution in [1.82, 2.24) is 4.90 Å². The minimum Gasteiger partial charge on any atom is -0.494 e. The molecule has 0 fully saturated rings. The predicted octanol–water partition coefficient (Wildman–Crippen LogP) is 1.52. The highest BCUT2D eigenvalue weighted by Crippen LogP contribution is 2.24. The zero-order valence-electron chi connectivity index (χ0n) is 9.40. The standard InChI is InChI=1S/C11H14FNO3/c1-13(2)10(11(14)15)7-4-5-9(16-3)8(12)6-7/h4-6,10H,1-3H3,(H,14,15). The first-order chi connectivity index (χ1) is 7.47. The molecule has 1 rings (SSSR count). The van der Waals surface area contributed by atoms with Crippen LogP contribution in [0.25, 0.3) is 0 Å². The molecule has 0 aliphatic heterocycles. The van der Waals surface area contributed by atoms with Crippen LogP contribution in [-0.2, 0) is 4.79 Å². The Labute approximate surface area is 93.3 Å². The lowest BCUT2D eigenvalue weighted by Gasteiger charge is -2.20. The van der Waals surface area contributed by atoms with Crippen molar-refractivity contribution >= 4 is 5.97 Å². The number of carboxylic acid groups (broad SMARTS) is 1. The van der Waals surface area contributed by atoms with E-state index < -0.39 is 17.8 Å². The van der Waals surface area contributed by atoms with E-state index in [0.29, 0.717) is 5.56 Å². The summed E-state index contributed by atoms with van der Waals surface area (Å²) in [6.07, 6.45) is 0. The van der Waals surface area contributed by atoms with Crippen LogP contribution in [0.2, 0.25) is 0 Å². The topological polar surface area (TPSA) is 49.8 Å². The highest BCUT2D eigenvalue weighted by atomic mass is 19.1. The summed E-state index contributed by atoms with van der Waals surface area (Å²) >= 11 is 0. The molecule has 1 aromatic carbocycles. The Balaban J connectivity index is 3.12. The van der Waals surface area contributed by atoms with Gasteiger partial charge < -0.3 is 9.84 Å². The third-order valence-corrected chi connectivity index (χ3v) is 2.24. The van der Waals surface area contributed by atoms with E-state index in [1.807, 2.05) is 0 Å². The maximum atomic E-state index is 13.4. The molecule has 1 atom stereocenters. The second kappa shape index (κ2) is 4.94. The van der Waals surface area contributed by atoms with Gasteiger partial charge in [-0.05, 0) is 31.8 Å². The fourth-order valence-corrected chi connectivity index (χ4v) is 1.51. The molecule has 0 amide bonds. The molecular formula is C11H14FNO3. The highest BCUT2D eigenvalue weighted by molar-refractivity contribution is 5.75. The van der Waals surface area contributed by atoms with Gasteiger partial charge in [0.25, 0.3) is 0 Å². The Kier molecular flexibility index (Phi) is 3.84. The van der Waals surface area contributed by atoms with Crippen molar-refractivity contribution in [1.29, 1.82) is 0 Å². The lowest BCUT2D eigenvalue weighted by Crippen LogP contribution is -2.27. The molecule has 88 valence electrons. The molecule has 0 bridgehead atoms. The van der Waals surface area contributed by atoms with Crippen LogP contribution >= 0.6 is 0 Å². The molecule has 1 unspecified atom stereocenters. The average molecular weight is 227 g/mol. The van der Waals surface area contributed by atoms with Crippen molar-refractivity contribution in [3.8, 4) is 5.75 Å². The predicted molar refractivity (Wildman–Crippen MR) is 57.0 cm³/mol. The summed E-state index contributed by atoms with van der Waals surface area (Å²) in [6.45, 7) is 0.